The Morgan fingerprint density at radius 2 is 1.77 bits per heavy atom. The predicted molar refractivity (Wildman–Crippen MR) is 121 cm³/mol. The van der Waals surface area contributed by atoms with Gasteiger partial charge in [-0.05, 0) is 43.9 Å². The molecule has 5 rings (SSSR count). The SMILES string of the molecule is Cc1nc2c3ccccc3nc(N3CCC(NC(=O)CCc4ccccc4)CC3)n2n1. The maximum absolute atomic E-state index is 12.4. The lowest BCUT2D eigenvalue weighted by atomic mass is 10.0. The van der Waals surface area contributed by atoms with Crippen molar-refractivity contribution in [2.24, 2.45) is 0 Å². The minimum Gasteiger partial charge on any atom is -0.353 e. The summed E-state index contributed by atoms with van der Waals surface area (Å²) in [5.41, 5.74) is 2.96. The molecule has 2 aromatic carbocycles. The van der Waals surface area contributed by atoms with Gasteiger partial charge in [0.1, 0.15) is 5.82 Å². The van der Waals surface area contributed by atoms with E-state index in [1.807, 2.05) is 53.9 Å². The molecule has 1 N–H and O–H groups in total. The van der Waals surface area contributed by atoms with Crippen LogP contribution in [0.2, 0.25) is 0 Å². The molecule has 0 radical (unpaired) electrons. The molecule has 0 bridgehead atoms. The highest BCUT2D eigenvalue weighted by Crippen LogP contribution is 2.25. The average molecular weight is 415 g/mol. The summed E-state index contributed by atoms with van der Waals surface area (Å²) in [5, 5.41) is 8.81. The first-order valence-corrected chi connectivity index (χ1v) is 10.9. The number of fused-ring (bicyclic) bond motifs is 3. The lowest BCUT2D eigenvalue weighted by molar-refractivity contribution is -0.121. The van der Waals surface area contributed by atoms with Crippen molar-refractivity contribution < 1.29 is 4.79 Å². The molecule has 2 aromatic heterocycles. The third kappa shape index (κ3) is 4.08. The van der Waals surface area contributed by atoms with Crippen LogP contribution in [0.15, 0.2) is 54.6 Å². The number of carbonyl (C=O) groups excluding carboxylic acids is 1. The van der Waals surface area contributed by atoms with Crippen molar-refractivity contribution in [3.05, 3.63) is 66.0 Å². The zero-order valence-electron chi connectivity index (χ0n) is 17.7. The molecule has 0 unspecified atom stereocenters. The number of hydrogen-bond donors (Lipinski definition) is 1. The number of aryl methyl sites for hydroxylation is 2. The summed E-state index contributed by atoms with van der Waals surface area (Å²) in [6.45, 7) is 3.55. The van der Waals surface area contributed by atoms with Crippen LogP contribution in [0.4, 0.5) is 5.95 Å². The van der Waals surface area contributed by atoms with E-state index in [1.165, 1.54) is 5.56 Å². The van der Waals surface area contributed by atoms with Crippen LogP contribution in [0.5, 0.6) is 0 Å². The zero-order chi connectivity index (χ0) is 21.2. The number of anilines is 1. The summed E-state index contributed by atoms with van der Waals surface area (Å²) in [4.78, 5) is 24.2. The molecule has 1 aliphatic heterocycles. The predicted octanol–water partition coefficient (Wildman–Crippen LogP) is 3.30. The molecule has 1 amide bonds. The molecule has 1 fully saturated rings. The first kappa shape index (κ1) is 19.5. The van der Waals surface area contributed by atoms with Gasteiger partial charge < -0.3 is 10.2 Å². The first-order valence-electron chi connectivity index (χ1n) is 10.9. The number of hydrogen-bond acceptors (Lipinski definition) is 5. The number of nitrogens with one attached hydrogen (secondary N) is 1. The van der Waals surface area contributed by atoms with Gasteiger partial charge in [0.2, 0.25) is 11.9 Å². The summed E-state index contributed by atoms with van der Waals surface area (Å²) < 4.78 is 1.86. The monoisotopic (exact) mass is 414 g/mol. The van der Waals surface area contributed by atoms with E-state index < -0.39 is 0 Å². The summed E-state index contributed by atoms with van der Waals surface area (Å²) in [5.74, 6) is 1.68. The van der Waals surface area contributed by atoms with Gasteiger partial charge in [-0.1, -0.05) is 42.5 Å². The fraction of sp³-hybridized carbons (Fsp3) is 0.333. The third-order valence-electron chi connectivity index (χ3n) is 5.89. The highest BCUT2D eigenvalue weighted by molar-refractivity contribution is 5.92. The highest BCUT2D eigenvalue weighted by Gasteiger charge is 2.24. The van der Waals surface area contributed by atoms with E-state index in [2.05, 4.69) is 32.4 Å². The van der Waals surface area contributed by atoms with Gasteiger partial charge in [-0.15, -0.1) is 5.10 Å². The van der Waals surface area contributed by atoms with Crippen LogP contribution in [0.3, 0.4) is 0 Å². The minimum absolute atomic E-state index is 0.125. The molecule has 1 saturated heterocycles. The molecule has 7 nitrogen and oxygen atoms in total. The van der Waals surface area contributed by atoms with E-state index in [4.69, 9.17) is 4.98 Å². The van der Waals surface area contributed by atoms with E-state index in [0.717, 1.165) is 60.7 Å². The van der Waals surface area contributed by atoms with Gasteiger partial charge in [0.15, 0.2) is 5.65 Å². The molecule has 1 aliphatic rings. The lowest BCUT2D eigenvalue weighted by Gasteiger charge is -2.33. The average Bonchev–Trinajstić information content (AvgIpc) is 3.20. The highest BCUT2D eigenvalue weighted by atomic mass is 16.1. The molecule has 31 heavy (non-hydrogen) atoms. The van der Waals surface area contributed by atoms with Gasteiger partial charge in [-0.25, -0.2) is 9.97 Å². The van der Waals surface area contributed by atoms with E-state index in [1.54, 1.807) is 0 Å². The largest absolute Gasteiger partial charge is 0.353 e. The number of para-hydroxylation sites is 1. The first-order chi connectivity index (χ1) is 15.2. The Morgan fingerprint density at radius 1 is 1.03 bits per heavy atom. The van der Waals surface area contributed by atoms with Crippen LogP contribution >= 0.6 is 0 Å². The molecule has 0 saturated carbocycles. The number of piperidine rings is 1. The Hall–Kier alpha value is -3.48. The minimum atomic E-state index is 0.125. The van der Waals surface area contributed by atoms with Crippen molar-refractivity contribution in [1.82, 2.24) is 24.9 Å². The van der Waals surface area contributed by atoms with Crippen LogP contribution in [0.25, 0.3) is 16.6 Å². The van der Waals surface area contributed by atoms with Gasteiger partial charge in [-0.3, -0.25) is 4.79 Å². The van der Waals surface area contributed by atoms with Gasteiger partial charge >= 0.3 is 0 Å². The second-order valence-corrected chi connectivity index (χ2v) is 8.14. The smallest absolute Gasteiger partial charge is 0.229 e. The van der Waals surface area contributed by atoms with E-state index in [-0.39, 0.29) is 11.9 Å². The van der Waals surface area contributed by atoms with Gasteiger partial charge in [0, 0.05) is 30.9 Å². The molecule has 0 atom stereocenters. The van der Waals surface area contributed by atoms with Crippen LogP contribution in [0, 0.1) is 6.92 Å². The maximum Gasteiger partial charge on any atom is 0.229 e. The Bertz CT molecular complexity index is 1210. The van der Waals surface area contributed by atoms with Gasteiger partial charge in [0.25, 0.3) is 0 Å². The number of benzene rings is 2. The topological polar surface area (TPSA) is 75.4 Å². The standard InChI is InChI=1S/C24H26N6O/c1-17-25-23-20-9-5-6-10-21(20)27-24(30(23)28-17)29-15-13-19(14-16-29)26-22(31)12-11-18-7-3-2-4-8-18/h2-10,19H,11-16H2,1H3,(H,26,31). The molecule has 0 spiro atoms. The molecule has 158 valence electrons. The summed E-state index contributed by atoms with van der Waals surface area (Å²) >= 11 is 0. The van der Waals surface area contributed by atoms with Crippen molar-refractivity contribution in [3.63, 3.8) is 0 Å². The number of nitrogens with zero attached hydrogens (tertiary/aromatic N) is 5. The van der Waals surface area contributed by atoms with Gasteiger partial charge in [0.05, 0.1) is 5.52 Å². The molecule has 3 heterocycles. The molecular weight excluding hydrogens is 388 g/mol. The fourth-order valence-electron chi connectivity index (χ4n) is 4.28. The van der Waals surface area contributed by atoms with Gasteiger partial charge in [-0.2, -0.15) is 4.52 Å². The van der Waals surface area contributed by atoms with Crippen LogP contribution < -0.4 is 10.2 Å². The Labute approximate surface area is 181 Å². The summed E-state index contributed by atoms with van der Waals surface area (Å²) in [6, 6.07) is 18.4. The molecule has 4 aromatic rings. The summed E-state index contributed by atoms with van der Waals surface area (Å²) in [6.07, 6.45) is 3.08. The zero-order valence-corrected chi connectivity index (χ0v) is 17.7. The van der Waals surface area contributed by atoms with Crippen molar-refractivity contribution in [3.8, 4) is 0 Å². The van der Waals surface area contributed by atoms with Crippen molar-refractivity contribution in [2.45, 2.75) is 38.6 Å². The van der Waals surface area contributed by atoms with E-state index in [9.17, 15) is 4.79 Å². The van der Waals surface area contributed by atoms with Crippen molar-refractivity contribution >= 4 is 28.4 Å². The second-order valence-electron chi connectivity index (χ2n) is 8.14. The number of rotatable bonds is 5. The molecular formula is C24H26N6O. The summed E-state index contributed by atoms with van der Waals surface area (Å²) in [7, 11) is 0. The van der Waals surface area contributed by atoms with Crippen LogP contribution in [-0.4, -0.2) is 44.6 Å². The molecule has 0 aliphatic carbocycles. The number of carbonyl (C=O) groups is 1. The normalized spacial score (nSPS) is 14.9. The van der Waals surface area contributed by atoms with Crippen LogP contribution in [-0.2, 0) is 11.2 Å². The van der Waals surface area contributed by atoms with E-state index >= 15 is 0 Å². The van der Waals surface area contributed by atoms with Crippen molar-refractivity contribution in [2.75, 3.05) is 18.0 Å². The Kier molecular flexibility index (Phi) is 5.24. The maximum atomic E-state index is 12.4. The number of amides is 1. The lowest BCUT2D eigenvalue weighted by Crippen LogP contribution is -2.45. The molecule has 7 heteroatoms. The van der Waals surface area contributed by atoms with E-state index in [0.29, 0.717) is 6.42 Å². The van der Waals surface area contributed by atoms with Crippen molar-refractivity contribution in [1.29, 1.82) is 0 Å². The fourth-order valence-corrected chi connectivity index (χ4v) is 4.28. The Balaban J connectivity index is 1.25. The third-order valence-corrected chi connectivity index (χ3v) is 5.89. The quantitative estimate of drug-likeness (QED) is 0.542. The second kappa shape index (κ2) is 8.34. The van der Waals surface area contributed by atoms with Crippen LogP contribution in [0.1, 0.15) is 30.7 Å². The number of aromatic nitrogens is 4. The Morgan fingerprint density at radius 3 is 2.58 bits per heavy atom.